The lowest BCUT2D eigenvalue weighted by Crippen LogP contribution is -2.12. The van der Waals surface area contributed by atoms with Gasteiger partial charge in [0.05, 0.1) is 0 Å². The molecule has 0 rings (SSSR count). The van der Waals surface area contributed by atoms with E-state index < -0.39 is 0 Å². The average molecular weight is 126 g/mol. The highest BCUT2D eigenvalue weighted by atomic mass is 15.3. The van der Waals surface area contributed by atoms with E-state index in [9.17, 15) is 0 Å². The molecule has 0 bridgehead atoms. The van der Waals surface area contributed by atoms with Gasteiger partial charge < -0.3 is 5.43 Å². The molecule has 0 radical (unpaired) electrons. The monoisotopic (exact) mass is 126 g/mol. The lowest BCUT2D eigenvalue weighted by Gasteiger charge is -2.00. The molecule has 0 aromatic rings. The van der Waals surface area contributed by atoms with Crippen molar-refractivity contribution < 1.29 is 0 Å². The zero-order chi connectivity index (χ0) is 7.11. The van der Waals surface area contributed by atoms with Crippen molar-refractivity contribution in [3.8, 4) is 0 Å². The predicted molar refractivity (Wildman–Crippen MR) is 41.5 cm³/mol. The minimum absolute atomic E-state index is 0.645. The molecule has 0 heterocycles. The van der Waals surface area contributed by atoms with Gasteiger partial charge >= 0.3 is 0 Å². The normalized spacial score (nSPS) is 10.6. The van der Waals surface area contributed by atoms with E-state index in [-0.39, 0.29) is 0 Å². The van der Waals surface area contributed by atoms with Gasteiger partial charge in [-0.3, -0.25) is 0 Å². The molecule has 52 valence electrons. The Morgan fingerprint density at radius 3 is 2.78 bits per heavy atom. The van der Waals surface area contributed by atoms with Crippen LogP contribution in [-0.2, 0) is 0 Å². The maximum Gasteiger partial charge on any atom is 0.0462 e. The Labute approximate surface area is 56.7 Å². The second kappa shape index (κ2) is 5.35. The first-order valence-electron chi connectivity index (χ1n) is 3.14. The van der Waals surface area contributed by atoms with Gasteiger partial charge in [0.1, 0.15) is 0 Å². The highest BCUT2D eigenvalue weighted by Crippen LogP contribution is 1.85. The number of hydrogen-bond donors (Lipinski definition) is 1. The number of hydrazone groups is 1. The quantitative estimate of drug-likeness (QED) is 0.447. The van der Waals surface area contributed by atoms with Crippen molar-refractivity contribution in [1.29, 1.82) is 0 Å². The molecule has 9 heavy (non-hydrogen) atoms. The van der Waals surface area contributed by atoms with E-state index in [4.69, 9.17) is 0 Å². The first-order chi connectivity index (χ1) is 4.27. The van der Waals surface area contributed by atoms with E-state index in [2.05, 4.69) is 31.0 Å². The van der Waals surface area contributed by atoms with Crippen LogP contribution in [0.5, 0.6) is 0 Å². The fourth-order valence-corrected chi connectivity index (χ4v) is 0.341. The molecular weight excluding hydrogens is 112 g/mol. The van der Waals surface area contributed by atoms with Crippen LogP contribution in [0.4, 0.5) is 0 Å². The molecule has 0 fully saturated rings. The lowest BCUT2D eigenvalue weighted by atomic mass is 10.2. The summed E-state index contributed by atoms with van der Waals surface area (Å²) in [5, 5.41) is 3.84. The Morgan fingerprint density at radius 1 is 1.67 bits per heavy atom. The number of nitrogens with zero attached hydrogens (tertiary/aromatic N) is 1. The summed E-state index contributed by atoms with van der Waals surface area (Å²) in [6.07, 6.45) is 3.29. The van der Waals surface area contributed by atoms with Crippen LogP contribution in [0.25, 0.3) is 0 Å². The molecule has 0 atom stereocenters. The predicted octanol–water partition coefficient (Wildman–Crippen LogP) is 1.40. The second-order valence-electron chi connectivity index (χ2n) is 2.27. The minimum atomic E-state index is 0.645. The van der Waals surface area contributed by atoms with Crippen LogP contribution < -0.4 is 5.43 Å². The van der Waals surface area contributed by atoms with Gasteiger partial charge in [0.25, 0.3) is 0 Å². The van der Waals surface area contributed by atoms with Crippen molar-refractivity contribution in [3.63, 3.8) is 0 Å². The van der Waals surface area contributed by atoms with Crippen LogP contribution >= 0.6 is 0 Å². The Balaban J connectivity index is 3.08. The van der Waals surface area contributed by atoms with Gasteiger partial charge in [0, 0.05) is 12.8 Å². The summed E-state index contributed by atoms with van der Waals surface area (Å²) in [5.74, 6) is 0.645. The van der Waals surface area contributed by atoms with Gasteiger partial charge in [0.15, 0.2) is 0 Å². The number of rotatable bonds is 4. The number of nitrogens with one attached hydrogen (secondary N) is 1. The van der Waals surface area contributed by atoms with E-state index in [1.54, 1.807) is 12.3 Å². The average Bonchev–Trinajstić information content (AvgIpc) is 1.80. The second-order valence-corrected chi connectivity index (χ2v) is 2.27. The molecule has 0 aromatic carbocycles. The molecule has 1 N–H and O–H groups in total. The van der Waals surface area contributed by atoms with Gasteiger partial charge in [-0.05, 0) is 12.0 Å². The van der Waals surface area contributed by atoms with E-state index in [1.807, 2.05) is 0 Å². The first kappa shape index (κ1) is 8.21. The summed E-state index contributed by atoms with van der Waals surface area (Å²) >= 11 is 0. The summed E-state index contributed by atoms with van der Waals surface area (Å²) in [7, 11) is 0. The molecule has 0 aliphatic rings. The minimum Gasteiger partial charge on any atom is -0.310 e. The van der Waals surface area contributed by atoms with Crippen LogP contribution in [0.3, 0.4) is 0 Å². The summed E-state index contributed by atoms with van der Waals surface area (Å²) < 4.78 is 0. The molecule has 2 heteroatoms. The largest absolute Gasteiger partial charge is 0.310 e. The van der Waals surface area contributed by atoms with Gasteiger partial charge in [-0.25, -0.2) is 0 Å². The number of hydrogen-bond acceptors (Lipinski definition) is 2. The Bertz CT molecular complexity index is 95.1. The van der Waals surface area contributed by atoms with E-state index in [0.717, 1.165) is 6.54 Å². The Kier molecular flexibility index (Phi) is 4.88. The molecule has 0 aliphatic heterocycles. The maximum atomic E-state index is 3.84. The topological polar surface area (TPSA) is 24.4 Å². The molecule has 0 spiro atoms. The van der Waals surface area contributed by atoms with Gasteiger partial charge in [-0.15, -0.1) is 0 Å². The summed E-state index contributed by atoms with van der Waals surface area (Å²) in [6, 6.07) is 0. The fraction of sp³-hybridized carbons (Fsp3) is 0.571. The summed E-state index contributed by atoms with van der Waals surface area (Å²) in [4.78, 5) is 0. The van der Waals surface area contributed by atoms with Crippen LogP contribution in [-0.4, -0.2) is 12.8 Å². The van der Waals surface area contributed by atoms with Gasteiger partial charge in [-0.1, -0.05) is 20.4 Å². The standard InChI is InChI=1S/C7H14N2/c1-4-5-8-9-6-7(2)3/h4-5,7,9H,1,6H2,2-3H3. The van der Waals surface area contributed by atoms with Crippen molar-refractivity contribution in [2.24, 2.45) is 11.0 Å². The zero-order valence-corrected chi connectivity index (χ0v) is 6.09. The SMILES string of the molecule is C=CC=NNCC(C)C. The van der Waals surface area contributed by atoms with Gasteiger partial charge in [-0.2, -0.15) is 5.10 Å². The van der Waals surface area contributed by atoms with Crippen molar-refractivity contribution >= 4 is 6.21 Å². The molecule has 0 saturated heterocycles. The first-order valence-corrected chi connectivity index (χ1v) is 3.14. The molecule has 2 nitrogen and oxygen atoms in total. The van der Waals surface area contributed by atoms with Crippen LogP contribution in [0.1, 0.15) is 13.8 Å². The molecule has 0 amide bonds. The third-order valence-electron chi connectivity index (χ3n) is 0.771. The summed E-state index contributed by atoms with van der Waals surface area (Å²) in [6.45, 7) is 8.68. The Morgan fingerprint density at radius 2 is 2.33 bits per heavy atom. The van der Waals surface area contributed by atoms with Crippen LogP contribution in [0.15, 0.2) is 17.8 Å². The molecule has 0 unspecified atom stereocenters. The van der Waals surface area contributed by atoms with E-state index >= 15 is 0 Å². The fourth-order valence-electron chi connectivity index (χ4n) is 0.341. The maximum absolute atomic E-state index is 3.84. The van der Waals surface area contributed by atoms with Gasteiger partial charge in [0.2, 0.25) is 0 Å². The molecule has 0 aromatic heterocycles. The van der Waals surface area contributed by atoms with Crippen molar-refractivity contribution in [3.05, 3.63) is 12.7 Å². The molecular formula is C7H14N2. The van der Waals surface area contributed by atoms with Crippen molar-refractivity contribution in [1.82, 2.24) is 5.43 Å². The highest BCUT2D eigenvalue weighted by molar-refractivity contribution is 5.69. The molecule has 0 saturated carbocycles. The highest BCUT2D eigenvalue weighted by Gasteiger charge is 1.86. The van der Waals surface area contributed by atoms with E-state index in [0.29, 0.717) is 5.92 Å². The van der Waals surface area contributed by atoms with Crippen molar-refractivity contribution in [2.45, 2.75) is 13.8 Å². The van der Waals surface area contributed by atoms with E-state index in [1.165, 1.54) is 0 Å². The third-order valence-corrected chi connectivity index (χ3v) is 0.771. The smallest absolute Gasteiger partial charge is 0.0462 e. The Hall–Kier alpha value is -0.790. The van der Waals surface area contributed by atoms with Crippen LogP contribution in [0, 0.1) is 5.92 Å². The van der Waals surface area contributed by atoms with Crippen molar-refractivity contribution in [2.75, 3.05) is 6.54 Å². The lowest BCUT2D eigenvalue weighted by molar-refractivity contribution is 0.571. The summed E-state index contributed by atoms with van der Waals surface area (Å²) in [5.41, 5.74) is 2.88. The third kappa shape index (κ3) is 7.21. The number of allylic oxidation sites excluding steroid dienone is 1. The molecule has 0 aliphatic carbocycles. The zero-order valence-electron chi connectivity index (χ0n) is 6.09. The van der Waals surface area contributed by atoms with Crippen LogP contribution in [0.2, 0.25) is 0 Å².